The maximum atomic E-state index is 13.3. The van der Waals surface area contributed by atoms with Crippen LogP contribution in [0.5, 0.6) is 5.75 Å². The smallest absolute Gasteiger partial charge is 0.229 e. The van der Waals surface area contributed by atoms with Crippen molar-refractivity contribution in [2.75, 3.05) is 30.9 Å². The molecule has 1 aromatic heterocycles. The normalized spacial score (nSPS) is 16.3. The number of hydrogen-bond acceptors (Lipinski definition) is 7. The summed E-state index contributed by atoms with van der Waals surface area (Å²) in [5.41, 5.74) is 1.68. The highest BCUT2D eigenvalue weighted by Crippen LogP contribution is 2.37. The van der Waals surface area contributed by atoms with Crippen molar-refractivity contribution < 1.29 is 27.1 Å². The average molecular weight is 493 g/mol. The fourth-order valence-electron chi connectivity index (χ4n) is 3.77. The number of aromatic nitrogens is 1. The van der Waals surface area contributed by atoms with Crippen LogP contribution in [0.3, 0.4) is 0 Å². The van der Waals surface area contributed by atoms with Gasteiger partial charge >= 0.3 is 0 Å². The Morgan fingerprint density at radius 3 is 2.70 bits per heavy atom. The molecule has 1 amide bonds. The van der Waals surface area contributed by atoms with Gasteiger partial charge in [-0.15, -0.1) is 0 Å². The molecule has 1 unspecified atom stereocenters. The van der Waals surface area contributed by atoms with E-state index in [-0.39, 0.29) is 29.1 Å². The third-order valence-electron chi connectivity index (χ3n) is 5.61. The van der Waals surface area contributed by atoms with Gasteiger partial charge in [0, 0.05) is 13.0 Å². The zero-order chi connectivity index (χ0) is 23.6. The molecule has 4 rings (SSSR count). The second kappa shape index (κ2) is 9.74. The first-order chi connectivity index (χ1) is 15.8. The monoisotopic (exact) mass is 492 g/mol. The third-order valence-corrected chi connectivity index (χ3v) is 8.56. The second-order valence-corrected chi connectivity index (χ2v) is 11.0. The van der Waals surface area contributed by atoms with E-state index < -0.39 is 15.7 Å². The largest absolute Gasteiger partial charge is 0.494 e. The van der Waals surface area contributed by atoms with Crippen LogP contribution < -0.4 is 9.64 Å². The summed E-state index contributed by atoms with van der Waals surface area (Å²) in [6.45, 7) is 2.90. The van der Waals surface area contributed by atoms with Crippen molar-refractivity contribution in [3.05, 3.63) is 47.8 Å². The summed E-state index contributed by atoms with van der Waals surface area (Å²) in [6.07, 6.45) is 1.39. The fourth-order valence-corrected chi connectivity index (χ4v) is 6.08. The number of carbonyl (C=O) groups excluding carboxylic acids is 1. The standard InChI is InChI=1S/C23H25FN2O5S2/c1-15-5-10-19(30-2)21-22(15)32-23(25-21)26(14-17-4-3-12-31-17)20(27)11-13-33(28,29)18-8-6-16(24)7-9-18/h5-10,17H,3-4,11-14H2,1-2H3. The molecule has 10 heteroatoms. The zero-order valence-corrected chi connectivity index (χ0v) is 20.0. The lowest BCUT2D eigenvalue weighted by molar-refractivity contribution is -0.118. The lowest BCUT2D eigenvalue weighted by Gasteiger charge is -2.23. The lowest BCUT2D eigenvalue weighted by Crippen LogP contribution is -2.38. The maximum absolute atomic E-state index is 13.3. The van der Waals surface area contributed by atoms with Crippen LogP contribution in [-0.2, 0) is 19.4 Å². The second-order valence-electron chi connectivity index (χ2n) is 7.92. The van der Waals surface area contributed by atoms with Gasteiger partial charge in [0.1, 0.15) is 17.1 Å². The number of amides is 1. The van der Waals surface area contributed by atoms with Gasteiger partial charge in [-0.25, -0.2) is 17.8 Å². The Morgan fingerprint density at radius 2 is 2.03 bits per heavy atom. The Morgan fingerprint density at radius 1 is 1.27 bits per heavy atom. The topological polar surface area (TPSA) is 85.8 Å². The van der Waals surface area contributed by atoms with Gasteiger partial charge in [0.2, 0.25) is 5.91 Å². The van der Waals surface area contributed by atoms with Crippen molar-refractivity contribution in [2.45, 2.75) is 37.2 Å². The van der Waals surface area contributed by atoms with Gasteiger partial charge in [0.25, 0.3) is 0 Å². The van der Waals surface area contributed by atoms with Crippen LogP contribution in [0.15, 0.2) is 41.3 Å². The van der Waals surface area contributed by atoms with Crippen molar-refractivity contribution in [1.29, 1.82) is 0 Å². The average Bonchev–Trinajstić information content (AvgIpc) is 3.47. The van der Waals surface area contributed by atoms with E-state index in [2.05, 4.69) is 4.98 Å². The number of anilines is 1. The van der Waals surface area contributed by atoms with Crippen molar-refractivity contribution in [3.63, 3.8) is 0 Å². The summed E-state index contributed by atoms with van der Waals surface area (Å²) < 4.78 is 50.6. The van der Waals surface area contributed by atoms with E-state index in [1.54, 1.807) is 7.11 Å². The minimum Gasteiger partial charge on any atom is -0.494 e. The van der Waals surface area contributed by atoms with Crippen LogP contribution >= 0.6 is 11.3 Å². The molecule has 0 radical (unpaired) electrons. The number of rotatable bonds is 8. The molecule has 0 bridgehead atoms. The number of thiazole rings is 1. The number of sulfone groups is 1. The van der Waals surface area contributed by atoms with Gasteiger partial charge in [-0.2, -0.15) is 0 Å². The third kappa shape index (κ3) is 5.18. The number of benzene rings is 2. The molecule has 33 heavy (non-hydrogen) atoms. The molecular formula is C23H25FN2O5S2. The minimum atomic E-state index is -3.74. The highest BCUT2D eigenvalue weighted by Gasteiger charge is 2.28. The van der Waals surface area contributed by atoms with Crippen molar-refractivity contribution >= 4 is 42.4 Å². The summed E-state index contributed by atoms with van der Waals surface area (Å²) in [7, 11) is -2.17. The Labute approximate surface area is 196 Å². The van der Waals surface area contributed by atoms with Gasteiger partial charge in [0.15, 0.2) is 15.0 Å². The Balaban J connectivity index is 1.60. The first kappa shape index (κ1) is 23.6. The summed E-state index contributed by atoms with van der Waals surface area (Å²) in [5.74, 6) is -0.644. The first-order valence-corrected chi connectivity index (χ1v) is 13.1. The molecule has 3 aromatic rings. The SMILES string of the molecule is COc1ccc(C)c2sc(N(CC3CCCO3)C(=O)CCS(=O)(=O)c3ccc(F)cc3)nc12. The van der Waals surface area contributed by atoms with E-state index >= 15 is 0 Å². The fraction of sp³-hybridized carbons (Fsp3) is 0.391. The van der Waals surface area contributed by atoms with Crippen LogP contribution in [0.4, 0.5) is 9.52 Å². The Hall–Kier alpha value is -2.56. The molecule has 1 atom stereocenters. The van der Waals surface area contributed by atoms with Crippen molar-refractivity contribution in [3.8, 4) is 5.75 Å². The highest BCUT2D eigenvalue weighted by molar-refractivity contribution is 7.91. The van der Waals surface area contributed by atoms with E-state index in [4.69, 9.17) is 9.47 Å². The molecule has 1 aliphatic heterocycles. The van der Waals surface area contributed by atoms with E-state index in [1.165, 1.54) is 28.4 Å². The minimum absolute atomic E-state index is 0.0114. The molecular weight excluding hydrogens is 467 g/mol. The highest BCUT2D eigenvalue weighted by atomic mass is 32.2. The molecule has 7 nitrogen and oxygen atoms in total. The van der Waals surface area contributed by atoms with Crippen LogP contribution in [0.2, 0.25) is 0 Å². The van der Waals surface area contributed by atoms with Crippen molar-refractivity contribution in [1.82, 2.24) is 4.98 Å². The quantitative estimate of drug-likeness (QED) is 0.440. The summed E-state index contributed by atoms with van der Waals surface area (Å²) >= 11 is 1.37. The van der Waals surface area contributed by atoms with Gasteiger partial charge in [-0.1, -0.05) is 17.4 Å². The van der Waals surface area contributed by atoms with Gasteiger partial charge in [-0.05, 0) is 55.7 Å². The molecule has 0 spiro atoms. The van der Waals surface area contributed by atoms with Crippen LogP contribution in [0.1, 0.15) is 24.8 Å². The number of ether oxygens (including phenoxy) is 2. The Bertz CT molecular complexity index is 1250. The molecule has 0 saturated carbocycles. The lowest BCUT2D eigenvalue weighted by atomic mass is 10.2. The van der Waals surface area contributed by atoms with Crippen LogP contribution in [0, 0.1) is 12.7 Å². The predicted octanol–water partition coefficient (Wildman–Crippen LogP) is 4.13. The molecule has 176 valence electrons. The molecule has 1 saturated heterocycles. The molecule has 1 fully saturated rings. The van der Waals surface area contributed by atoms with Gasteiger partial charge < -0.3 is 9.47 Å². The molecule has 1 aliphatic rings. The summed E-state index contributed by atoms with van der Waals surface area (Å²) in [4.78, 5) is 19.4. The van der Waals surface area contributed by atoms with Crippen molar-refractivity contribution in [2.24, 2.45) is 0 Å². The number of nitrogens with zero attached hydrogens (tertiary/aromatic N) is 2. The summed E-state index contributed by atoms with van der Waals surface area (Å²) in [6, 6.07) is 8.38. The number of aryl methyl sites for hydroxylation is 1. The molecule has 2 aromatic carbocycles. The van der Waals surface area contributed by atoms with Gasteiger partial charge in [-0.3, -0.25) is 9.69 Å². The number of fused-ring (bicyclic) bond motifs is 1. The maximum Gasteiger partial charge on any atom is 0.229 e. The number of carbonyl (C=O) groups is 1. The van der Waals surface area contributed by atoms with E-state index in [1.807, 2.05) is 19.1 Å². The van der Waals surface area contributed by atoms with Crippen LogP contribution in [0.25, 0.3) is 10.2 Å². The number of methoxy groups -OCH3 is 1. The zero-order valence-electron chi connectivity index (χ0n) is 18.4. The van der Waals surface area contributed by atoms with Crippen LogP contribution in [-0.4, -0.2) is 51.4 Å². The molecule has 0 N–H and O–H groups in total. The van der Waals surface area contributed by atoms with E-state index in [9.17, 15) is 17.6 Å². The van der Waals surface area contributed by atoms with E-state index in [0.717, 1.165) is 35.2 Å². The number of halogens is 1. The predicted molar refractivity (Wildman–Crippen MR) is 125 cm³/mol. The first-order valence-electron chi connectivity index (χ1n) is 10.6. The molecule has 0 aliphatic carbocycles. The van der Waals surface area contributed by atoms with E-state index in [0.29, 0.717) is 29.5 Å². The molecule has 2 heterocycles. The summed E-state index contributed by atoms with van der Waals surface area (Å²) in [5, 5.41) is 0.484. The Kier molecular flexibility index (Phi) is 6.96. The van der Waals surface area contributed by atoms with Gasteiger partial charge in [0.05, 0.1) is 35.1 Å². The number of hydrogen-bond donors (Lipinski definition) is 0.